The van der Waals surface area contributed by atoms with Crippen LogP contribution in [0.1, 0.15) is 60.8 Å². The molecule has 1 aliphatic carbocycles. The van der Waals surface area contributed by atoms with Crippen LogP contribution in [0.25, 0.3) is 0 Å². The van der Waals surface area contributed by atoms with E-state index in [0.717, 1.165) is 18.4 Å². The van der Waals surface area contributed by atoms with E-state index in [9.17, 15) is 0 Å². The number of hydrogen-bond donors (Lipinski definition) is 1. The molecule has 0 amide bonds. The lowest BCUT2D eigenvalue weighted by Gasteiger charge is -2.54. The molecule has 2 aliphatic rings. The van der Waals surface area contributed by atoms with Crippen LogP contribution in [0.15, 0.2) is 0 Å². The second-order valence-corrected chi connectivity index (χ2v) is 7.66. The lowest BCUT2D eigenvalue weighted by Crippen LogP contribution is -2.68. The fourth-order valence-electron chi connectivity index (χ4n) is 3.50. The normalized spacial score (nSPS) is 35.2. The Morgan fingerprint density at radius 1 is 1.33 bits per heavy atom. The topological polar surface area (TPSA) is 15.3 Å². The van der Waals surface area contributed by atoms with E-state index in [4.69, 9.17) is 0 Å². The van der Waals surface area contributed by atoms with Crippen molar-refractivity contribution in [1.29, 1.82) is 0 Å². The van der Waals surface area contributed by atoms with Crippen LogP contribution in [0, 0.1) is 11.8 Å². The van der Waals surface area contributed by atoms with Crippen LogP contribution in [-0.2, 0) is 0 Å². The standard InChI is InChI=1S/C16H32N2/c1-7-16(6)11-18(14(10-17-16)12(2)3)15(4,5)13-8-9-13/h12-14,17H,7-11H2,1-6H3. The van der Waals surface area contributed by atoms with Gasteiger partial charge in [-0.2, -0.15) is 0 Å². The highest BCUT2D eigenvalue weighted by Crippen LogP contribution is 2.45. The molecule has 1 saturated heterocycles. The van der Waals surface area contributed by atoms with Crippen LogP contribution in [0.3, 0.4) is 0 Å². The molecule has 18 heavy (non-hydrogen) atoms. The quantitative estimate of drug-likeness (QED) is 0.826. The Bertz CT molecular complexity index is 293. The SMILES string of the molecule is CCC1(C)CN(C(C)(C)C2CC2)C(C(C)C)CN1. The number of nitrogens with zero attached hydrogens (tertiary/aromatic N) is 1. The monoisotopic (exact) mass is 252 g/mol. The molecule has 2 fully saturated rings. The van der Waals surface area contributed by atoms with Gasteiger partial charge in [-0.25, -0.2) is 0 Å². The molecule has 1 heterocycles. The summed E-state index contributed by atoms with van der Waals surface area (Å²) in [5, 5.41) is 3.80. The average Bonchev–Trinajstić information content (AvgIpc) is 3.12. The molecule has 0 aromatic rings. The van der Waals surface area contributed by atoms with Gasteiger partial charge in [-0.15, -0.1) is 0 Å². The maximum atomic E-state index is 3.80. The van der Waals surface area contributed by atoms with E-state index < -0.39 is 0 Å². The van der Waals surface area contributed by atoms with Crippen molar-refractivity contribution in [2.75, 3.05) is 13.1 Å². The van der Waals surface area contributed by atoms with Crippen LogP contribution in [-0.4, -0.2) is 35.1 Å². The predicted octanol–water partition coefficient (Wildman–Crippen LogP) is 3.27. The number of piperazine rings is 1. The van der Waals surface area contributed by atoms with Crippen molar-refractivity contribution in [1.82, 2.24) is 10.2 Å². The fraction of sp³-hybridized carbons (Fsp3) is 1.00. The van der Waals surface area contributed by atoms with Crippen molar-refractivity contribution in [3.05, 3.63) is 0 Å². The lowest BCUT2D eigenvalue weighted by atomic mass is 9.83. The summed E-state index contributed by atoms with van der Waals surface area (Å²) < 4.78 is 0. The smallest absolute Gasteiger partial charge is 0.0278 e. The van der Waals surface area contributed by atoms with E-state index in [1.807, 2.05) is 0 Å². The molecule has 2 unspecified atom stereocenters. The van der Waals surface area contributed by atoms with Crippen LogP contribution in [0.2, 0.25) is 0 Å². The zero-order valence-corrected chi connectivity index (χ0v) is 13.2. The first kappa shape index (κ1) is 14.3. The van der Waals surface area contributed by atoms with Gasteiger partial charge in [0.15, 0.2) is 0 Å². The molecule has 1 aliphatic heterocycles. The van der Waals surface area contributed by atoms with Gasteiger partial charge >= 0.3 is 0 Å². The van der Waals surface area contributed by atoms with E-state index >= 15 is 0 Å². The van der Waals surface area contributed by atoms with Crippen LogP contribution >= 0.6 is 0 Å². The minimum absolute atomic E-state index is 0.303. The third-order valence-electron chi connectivity index (χ3n) is 5.52. The third-order valence-corrected chi connectivity index (χ3v) is 5.52. The minimum atomic E-state index is 0.303. The number of hydrogen-bond acceptors (Lipinski definition) is 2. The second-order valence-electron chi connectivity index (χ2n) is 7.66. The number of rotatable bonds is 4. The summed E-state index contributed by atoms with van der Waals surface area (Å²) in [6.07, 6.45) is 4.09. The second kappa shape index (κ2) is 4.79. The summed E-state index contributed by atoms with van der Waals surface area (Å²) in [5.41, 5.74) is 0.686. The molecular formula is C16H32N2. The molecular weight excluding hydrogens is 220 g/mol. The lowest BCUT2D eigenvalue weighted by molar-refractivity contribution is -0.0248. The fourth-order valence-corrected chi connectivity index (χ4v) is 3.50. The molecule has 2 rings (SSSR count). The summed E-state index contributed by atoms with van der Waals surface area (Å²) >= 11 is 0. The highest BCUT2D eigenvalue weighted by molar-refractivity contribution is 5.05. The highest BCUT2D eigenvalue weighted by Gasteiger charge is 2.48. The van der Waals surface area contributed by atoms with Gasteiger partial charge < -0.3 is 5.32 Å². The van der Waals surface area contributed by atoms with E-state index in [1.54, 1.807) is 0 Å². The highest BCUT2D eigenvalue weighted by atomic mass is 15.3. The summed E-state index contributed by atoms with van der Waals surface area (Å²) in [6, 6.07) is 0.695. The van der Waals surface area contributed by atoms with Gasteiger partial charge in [0.25, 0.3) is 0 Å². The third kappa shape index (κ3) is 2.60. The Kier molecular flexibility index (Phi) is 3.81. The zero-order chi connectivity index (χ0) is 13.6. The van der Waals surface area contributed by atoms with Gasteiger partial charge in [-0.05, 0) is 51.9 Å². The van der Waals surface area contributed by atoms with Crippen molar-refractivity contribution in [3.63, 3.8) is 0 Å². The maximum Gasteiger partial charge on any atom is 0.0278 e. The van der Waals surface area contributed by atoms with E-state index in [1.165, 1.54) is 25.8 Å². The molecule has 2 nitrogen and oxygen atoms in total. The first-order valence-corrected chi connectivity index (χ1v) is 7.82. The summed E-state index contributed by atoms with van der Waals surface area (Å²) in [4.78, 5) is 2.83. The Balaban J connectivity index is 2.19. The Morgan fingerprint density at radius 3 is 2.39 bits per heavy atom. The molecule has 0 aromatic heterocycles. The molecule has 2 heteroatoms. The maximum absolute atomic E-state index is 3.80. The van der Waals surface area contributed by atoms with Gasteiger partial charge in [0.1, 0.15) is 0 Å². The predicted molar refractivity (Wildman–Crippen MR) is 78.8 cm³/mol. The molecule has 0 aromatic carbocycles. The summed E-state index contributed by atoms with van der Waals surface area (Å²) in [7, 11) is 0. The van der Waals surface area contributed by atoms with E-state index in [-0.39, 0.29) is 0 Å². The zero-order valence-electron chi connectivity index (χ0n) is 13.2. The Morgan fingerprint density at radius 2 is 1.94 bits per heavy atom. The van der Waals surface area contributed by atoms with Crippen molar-refractivity contribution in [2.45, 2.75) is 77.9 Å². The van der Waals surface area contributed by atoms with Crippen molar-refractivity contribution >= 4 is 0 Å². The largest absolute Gasteiger partial charge is 0.309 e. The summed E-state index contributed by atoms with van der Waals surface area (Å²) in [6.45, 7) is 16.7. The Labute approximate surface area is 114 Å². The number of nitrogens with one attached hydrogen (secondary N) is 1. The van der Waals surface area contributed by atoms with E-state index in [0.29, 0.717) is 17.1 Å². The van der Waals surface area contributed by atoms with Gasteiger partial charge in [0.2, 0.25) is 0 Å². The molecule has 0 bridgehead atoms. The molecule has 0 spiro atoms. The van der Waals surface area contributed by atoms with Crippen molar-refractivity contribution in [3.8, 4) is 0 Å². The molecule has 1 N–H and O–H groups in total. The summed E-state index contributed by atoms with van der Waals surface area (Å²) in [5.74, 6) is 1.66. The van der Waals surface area contributed by atoms with Gasteiger partial charge in [0, 0.05) is 30.2 Å². The van der Waals surface area contributed by atoms with Gasteiger partial charge in [-0.3, -0.25) is 4.90 Å². The first-order valence-electron chi connectivity index (χ1n) is 7.82. The molecule has 1 saturated carbocycles. The van der Waals surface area contributed by atoms with Crippen LogP contribution in [0.4, 0.5) is 0 Å². The van der Waals surface area contributed by atoms with Crippen LogP contribution in [0.5, 0.6) is 0 Å². The Hall–Kier alpha value is -0.0800. The van der Waals surface area contributed by atoms with Crippen molar-refractivity contribution in [2.24, 2.45) is 11.8 Å². The molecule has 2 atom stereocenters. The van der Waals surface area contributed by atoms with Crippen LogP contribution < -0.4 is 5.32 Å². The van der Waals surface area contributed by atoms with Crippen molar-refractivity contribution < 1.29 is 0 Å². The molecule has 0 radical (unpaired) electrons. The minimum Gasteiger partial charge on any atom is -0.309 e. The van der Waals surface area contributed by atoms with Gasteiger partial charge in [0.05, 0.1) is 0 Å². The van der Waals surface area contributed by atoms with E-state index in [2.05, 4.69) is 51.8 Å². The molecule has 106 valence electrons. The first-order chi connectivity index (χ1) is 8.30. The van der Waals surface area contributed by atoms with Gasteiger partial charge in [-0.1, -0.05) is 20.8 Å². The average molecular weight is 252 g/mol.